The number of carbonyl (C=O) groups is 1. The maximum atomic E-state index is 13.8. The van der Waals surface area contributed by atoms with Gasteiger partial charge in [0.25, 0.3) is 0 Å². The van der Waals surface area contributed by atoms with Gasteiger partial charge in [0.15, 0.2) is 0 Å². The largest absolute Gasteiger partial charge is 0.386 e. The number of benzene rings is 1. The predicted octanol–water partition coefficient (Wildman–Crippen LogP) is 1.69. The van der Waals surface area contributed by atoms with Gasteiger partial charge in [-0.15, -0.1) is 0 Å². The SMILES string of the molecule is CN(C)C(=O)C[C@H](O)c1cc2n(n1)CCN(Cc1c(F)cccc1F)C2. The maximum Gasteiger partial charge on any atom is 0.225 e. The normalized spacial score (nSPS) is 15.6. The van der Waals surface area contributed by atoms with Crippen molar-refractivity contribution in [3.63, 3.8) is 0 Å². The number of hydrogen-bond acceptors (Lipinski definition) is 4. The van der Waals surface area contributed by atoms with Gasteiger partial charge in [0, 0.05) is 39.3 Å². The molecular formula is C18H22F2N4O2. The van der Waals surface area contributed by atoms with E-state index in [0.717, 1.165) is 5.69 Å². The first-order valence-electron chi connectivity index (χ1n) is 8.45. The summed E-state index contributed by atoms with van der Waals surface area (Å²) in [6.07, 6.45) is -1.01. The average molecular weight is 364 g/mol. The van der Waals surface area contributed by atoms with E-state index in [1.807, 2.05) is 4.90 Å². The number of nitrogens with zero attached hydrogens (tertiary/aromatic N) is 4. The molecule has 2 aromatic rings. The third kappa shape index (κ3) is 3.91. The van der Waals surface area contributed by atoms with Crippen LogP contribution in [-0.2, 0) is 24.4 Å². The lowest BCUT2D eigenvalue weighted by molar-refractivity contribution is -0.130. The molecule has 1 aliphatic heterocycles. The molecule has 3 rings (SSSR count). The lowest BCUT2D eigenvalue weighted by Crippen LogP contribution is -2.33. The smallest absolute Gasteiger partial charge is 0.225 e. The first-order valence-corrected chi connectivity index (χ1v) is 8.45. The zero-order valence-corrected chi connectivity index (χ0v) is 14.8. The summed E-state index contributed by atoms with van der Waals surface area (Å²) in [5.74, 6) is -1.29. The fraction of sp³-hybridized carbons (Fsp3) is 0.444. The fourth-order valence-corrected chi connectivity index (χ4v) is 3.00. The highest BCUT2D eigenvalue weighted by molar-refractivity contribution is 5.76. The van der Waals surface area contributed by atoms with Crippen LogP contribution < -0.4 is 0 Å². The molecular weight excluding hydrogens is 342 g/mol. The number of amides is 1. The molecule has 1 amide bonds. The van der Waals surface area contributed by atoms with E-state index in [0.29, 0.717) is 25.3 Å². The molecule has 140 valence electrons. The summed E-state index contributed by atoms with van der Waals surface area (Å²) < 4.78 is 29.5. The summed E-state index contributed by atoms with van der Waals surface area (Å²) in [7, 11) is 3.26. The van der Waals surface area contributed by atoms with Crippen LogP contribution in [0.1, 0.15) is 29.5 Å². The van der Waals surface area contributed by atoms with Gasteiger partial charge < -0.3 is 10.0 Å². The Labute approximate surface area is 150 Å². The van der Waals surface area contributed by atoms with Crippen LogP contribution in [0.2, 0.25) is 0 Å². The Morgan fingerprint density at radius 2 is 2.00 bits per heavy atom. The molecule has 1 aromatic heterocycles. The quantitative estimate of drug-likeness (QED) is 0.877. The second kappa shape index (κ2) is 7.51. The topological polar surface area (TPSA) is 61.6 Å². The van der Waals surface area contributed by atoms with Gasteiger partial charge in [0.2, 0.25) is 5.91 Å². The van der Waals surface area contributed by atoms with Crippen LogP contribution in [0, 0.1) is 11.6 Å². The molecule has 0 bridgehead atoms. The van der Waals surface area contributed by atoms with E-state index in [9.17, 15) is 18.7 Å². The van der Waals surface area contributed by atoms with Crippen molar-refractivity contribution in [1.82, 2.24) is 19.6 Å². The highest BCUT2D eigenvalue weighted by Crippen LogP contribution is 2.23. The molecule has 1 aromatic carbocycles. The zero-order valence-electron chi connectivity index (χ0n) is 14.8. The van der Waals surface area contributed by atoms with E-state index in [-0.39, 0.29) is 24.4 Å². The summed E-state index contributed by atoms with van der Waals surface area (Å²) in [5, 5.41) is 14.6. The molecule has 1 aliphatic rings. The average Bonchev–Trinajstić information content (AvgIpc) is 3.01. The third-order valence-corrected chi connectivity index (χ3v) is 4.55. The van der Waals surface area contributed by atoms with Crippen molar-refractivity contribution in [2.45, 2.75) is 32.2 Å². The van der Waals surface area contributed by atoms with E-state index in [1.54, 1.807) is 24.8 Å². The van der Waals surface area contributed by atoms with E-state index in [2.05, 4.69) is 5.10 Å². The second-order valence-electron chi connectivity index (χ2n) is 6.70. The monoisotopic (exact) mass is 364 g/mol. The number of aromatic nitrogens is 2. The third-order valence-electron chi connectivity index (χ3n) is 4.55. The Morgan fingerprint density at radius 1 is 1.31 bits per heavy atom. The number of hydrogen-bond donors (Lipinski definition) is 1. The van der Waals surface area contributed by atoms with Crippen LogP contribution in [0.4, 0.5) is 8.78 Å². The summed E-state index contributed by atoms with van der Waals surface area (Å²) >= 11 is 0. The van der Waals surface area contributed by atoms with Gasteiger partial charge in [0.1, 0.15) is 17.7 Å². The van der Waals surface area contributed by atoms with Gasteiger partial charge in [-0.05, 0) is 18.2 Å². The molecule has 1 atom stereocenters. The Hall–Kier alpha value is -2.32. The van der Waals surface area contributed by atoms with Crippen molar-refractivity contribution in [3.05, 3.63) is 52.9 Å². The molecule has 0 radical (unpaired) electrons. The number of aliphatic hydroxyl groups excluding tert-OH is 1. The Balaban J connectivity index is 1.69. The van der Waals surface area contributed by atoms with E-state index in [1.165, 1.54) is 23.1 Å². The van der Waals surface area contributed by atoms with Crippen LogP contribution in [0.15, 0.2) is 24.3 Å². The van der Waals surface area contributed by atoms with Crippen molar-refractivity contribution in [1.29, 1.82) is 0 Å². The summed E-state index contributed by atoms with van der Waals surface area (Å²) in [6, 6.07) is 5.60. The van der Waals surface area contributed by atoms with Gasteiger partial charge in [0.05, 0.1) is 24.4 Å². The number of rotatable bonds is 5. The molecule has 0 spiro atoms. The molecule has 26 heavy (non-hydrogen) atoms. The number of carbonyl (C=O) groups excluding carboxylic acids is 1. The van der Waals surface area contributed by atoms with E-state index >= 15 is 0 Å². The predicted molar refractivity (Wildman–Crippen MR) is 91.0 cm³/mol. The van der Waals surface area contributed by atoms with Gasteiger partial charge in [-0.3, -0.25) is 14.4 Å². The summed E-state index contributed by atoms with van der Waals surface area (Å²) in [6.45, 7) is 1.78. The van der Waals surface area contributed by atoms with Crippen molar-refractivity contribution < 1.29 is 18.7 Å². The van der Waals surface area contributed by atoms with Gasteiger partial charge in [-0.1, -0.05) is 6.07 Å². The molecule has 0 unspecified atom stereocenters. The van der Waals surface area contributed by atoms with Crippen LogP contribution in [0.5, 0.6) is 0 Å². The number of fused-ring (bicyclic) bond motifs is 1. The molecule has 0 saturated heterocycles. The van der Waals surface area contributed by atoms with Gasteiger partial charge in [-0.2, -0.15) is 5.10 Å². The highest BCUT2D eigenvalue weighted by Gasteiger charge is 2.24. The first kappa shape index (κ1) is 18.5. The van der Waals surface area contributed by atoms with Gasteiger partial charge in [-0.25, -0.2) is 8.78 Å². The highest BCUT2D eigenvalue weighted by atomic mass is 19.1. The van der Waals surface area contributed by atoms with E-state index in [4.69, 9.17) is 0 Å². The minimum absolute atomic E-state index is 0.0341. The Morgan fingerprint density at radius 3 is 2.65 bits per heavy atom. The molecule has 8 heteroatoms. The maximum absolute atomic E-state index is 13.8. The van der Waals surface area contributed by atoms with Crippen LogP contribution in [-0.4, -0.2) is 51.2 Å². The van der Waals surface area contributed by atoms with Crippen LogP contribution >= 0.6 is 0 Å². The lowest BCUT2D eigenvalue weighted by Gasteiger charge is -2.27. The molecule has 0 fully saturated rings. The van der Waals surface area contributed by atoms with Gasteiger partial charge >= 0.3 is 0 Å². The van der Waals surface area contributed by atoms with Crippen molar-refractivity contribution >= 4 is 5.91 Å². The first-order chi connectivity index (χ1) is 12.3. The van der Waals surface area contributed by atoms with Crippen molar-refractivity contribution in [2.24, 2.45) is 0 Å². The lowest BCUT2D eigenvalue weighted by atomic mass is 10.1. The summed E-state index contributed by atoms with van der Waals surface area (Å²) in [4.78, 5) is 15.1. The molecule has 6 nitrogen and oxygen atoms in total. The van der Waals surface area contributed by atoms with Crippen LogP contribution in [0.3, 0.4) is 0 Å². The fourth-order valence-electron chi connectivity index (χ4n) is 3.00. The Kier molecular flexibility index (Phi) is 5.33. The van der Waals surface area contributed by atoms with Crippen molar-refractivity contribution in [3.8, 4) is 0 Å². The molecule has 2 heterocycles. The number of halogens is 2. The second-order valence-corrected chi connectivity index (χ2v) is 6.70. The number of aliphatic hydroxyl groups is 1. The minimum Gasteiger partial charge on any atom is -0.386 e. The van der Waals surface area contributed by atoms with Crippen LogP contribution in [0.25, 0.3) is 0 Å². The summed E-state index contributed by atoms with van der Waals surface area (Å²) in [5.41, 5.74) is 1.34. The zero-order chi connectivity index (χ0) is 18.8. The Bertz CT molecular complexity index is 786. The molecule has 1 N–H and O–H groups in total. The molecule has 0 saturated carbocycles. The van der Waals surface area contributed by atoms with Crippen molar-refractivity contribution in [2.75, 3.05) is 20.6 Å². The minimum atomic E-state index is -0.972. The van der Waals surface area contributed by atoms with E-state index < -0.39 is 17.7 Å². The standard InChI is InChI=1S/C18H22F2N4O2/c1-22(2)18(26)9-17(25)16-8-12-10-23(6-7-24(12)21-16)11-13-14(19)4-3-5-15(13)20/h3-5,8,17,25H,6-7,9-11H2,1-2H3/t17-/m0/s1. The molecule has 0 aliphatic carbocycles.